The monoisotopic (exact) mass is 281 g/mol. The summed E-state index contributed by atoms with van der Waals surface area (Å²) >= 11 is 5.76. The lowest BCUT2D eigenvalue weighted by Gasteiger charge is -2.13. The molecule has 1 aromatic carbocycles. The summed E-state index contributed by atoms with van der Waals surface area (Å²) in [5, 5.41) is 0.450. The molecule has 0 atom stereocenters. The topological polar surface area (TPSA) is 39.2 Å². The third kappa shape index (κ3) is 2.54. The minimum atomic E-state index is -0.562. The van der Waals surface area contributed by atoms with Gasteiger partial charge in [0.25, 0.3) is 0 Å². The maximum absolute atomic E-state index is 13.6. The standard InChI is InChI=1S/C14H13ClFNO2/c1-4-12-7(2)14(19-8(3)18)9-5-11(16)10(15)6-13(9)17-12/h5-6H,4H2,1-3H3. The lowest BCUT2D eigenvalue weighted by molar-refractivity contribution is -0.131. The predicted molar refractivity (Wildman–Crippen MR) is 72.1 cm³/mol. The highest BCUT2D eigenvalue weighted by Gasteiger charge is 2.16. The second kappa shape index (κ2) is 5.13. The molecule has 0 spiro atoms. The summed E-state index contributed by atoms with van der Waals surface area (Å²) in [5.41, 5.74) is 2.06. The molecule has 0 fully saturated rings. The van der Waals surface area contributed by atoms with Crippen molar-refractivity contribution < 1.29 is 13.9 Å². The van der Waals surface area contributed by atoms with Gasteiger partial charge in [-0.1, -0.05) is 18.5 Å². The van der Waals surface area contributed by atoms with Gasteiger partial charge in [-0.15, -0.1) is 0 Å². The van der Waals surface area contributed by atoms with Crippen LogP contribution in [0.1, 0.15) is 25.1 Å². The number of hydrogen-bond acceptors (Lipinski definition) is 3. The molecule has 1 aromatic heterocycles. The van der Waals surface area contributed by atoms with Gasteiger partial charge in [0.2, 0.25) is 0 Å². The van der Waals surface area contributed by atoms with Crippen LogP contribution in [0.25, 0.3) is 10.9 Å². The molecule has 0 saturated carbocycles. The molecule has 2 aromatic rings. The molecular weight excluding hydrogens is 269 g/mol. The molecule has 0 bridgehead atoms. The molecule has 0 aliphatic heterocycles. The summed E-state index contributed by atoms with van der Waals surface area (Å²) in [6.07, 6.45) is 0.686. The predicted octanol–water partition coefficient (Wildman–Crippen LogP) is 3.82. The highest BCUT2D eigenvalue weighted by atomic mass is 35.5. The van der Waals surface area contributed by atoms with E-state index in [1.165, 1.54) is 19.1 Å². The van der Waals surface area contributed by atoms with Crippen molar-refractivity contribution in [1.82, 2.24) is 4.98 Å². The molecule has 0 aliphatic rings. The van der Waals surface area contributed by atoms with Crippen molar-refractivity contribution in [2.75, 3.05) is 0 Å². The first-order valence-corrected chi connectivity index (χ1v) is 6.28. The van der Waals surface area contributed by atoms with Gasteiger partial charge in [-0.05, 0) is 25.5 Å². The van der Waals surface area contributed by atoms with Crippen molar-refractivity contribution in [3.8, 4) is 5.75 Å². The highest BCUT2D eigenvalue weighted by molar-refractivity contribution is 6.31. The Morgan fingerprint density at radius 3 is 2.74 bits per heavy atom. The van der Waals surface area contributed by atoms with Gasteiger partial charge in [-0.2, -0.15) is 0 Å². The number of aromatic nitrogens is 1. The fraction of sp³-hybridized carbons (Fsp3) is 0.286. The van der Waals surface area contributed by atoms with Crippen LogP contribution < -0.4 is 4.74 Å². The number of rotatable bonds is 2. The summed E-state index contributed by atoms with van der Waals surface area (Å²) in [5.74, 6) is -0.661. The number of hydrogen-bond donors (Lipinski definition) is 0. The molecule has 2 rings (SSSR count). The molecule has 0 saturated heterocycles. The van der Waals surface area contributed by atoms with E-state index < -0.39 is 11.8 Å². The first kappa shape index (κ1) is 13.7. The van der Waals surface area contributed by atoms with Crippen LogP contribution in [0.15, 0.2) is 12.1 Å². The molecular formula is C14H13ClFNO2. The highest BCUT2D eigenvalue weighted by Crippen LogP contribution is 2.33. The van der Waals surface area contributed by atoms with Crippen molar-refractivity contribution in [2.45, 2.75) is 27.2 Å². The number of carbonyl (C=O) groups excluding carboxylic acids is 1. The van der Waals surface area contributed by atoms with E-state index in [0.29, 0.717) is 23.1 Å². The molecule has 19 heavy (non-hydrogen) atoms. The first-order valence-electron chi connectivity index (χ1n) is 5.90. The van der Waals surface area contributed by atoms with Gasteiger partial charge in [0, 0.05) is 23.6 Å². The van der Waals surface area contributed by atoms with Gasteiger partial charge in [0.15, 0.2) is 0 Å². The number of aryl methyl sites for hydroxylation is 1. The molecule has 0 aliphatic carbocycles. The summed E-state index contributed by atoms with van der Waals surface area (Å²) in [6.45, 7) is 5.06. The molecule has 5 heteroatoms. The van der Waals surface area contributed by atoms with Crippen LogP contribution in [0.4, 0.5) is 4.39 Å². The molecule has 100 valence electrons. The number of benzene rings is 1. The number of carbonyl (C=O) groups is 1. The molecule has 0 radical (unpaired) electrons. The fourth-order valence-corrected chi connectivity index (χ4v) is 2.15. The molecule has 0 amide bonds. The molecule has 3 nitrogen and oxygen atoms in total. The van der Waals surface area contributed by atoms with E-state index in [2.05, 4.69) is 4.98 Å². The number of ether oxygens (including phenoxy) is 1. The zero-order valence-corrected chi connectivity index (χ0v) is 11.6. The van der Waals surface area contributed by atoms with E-state index in [1.54, 1.807) is 6.92 Å². The second-order valence-corrected chi connectivity index (χ2v) is 4.65. The van der Waals surface area contributed by atoms with Gasteiger partial charge in [0.1, 0.15) is 11.6 Å². The Bertz CT molecular complexity index is 670. The Morgan fingerprint density at radius 2 is 2.16 bits per heavy atom. The Kier molecular flexibility index (Phi) is 3.71. The zero-order valence-electron chi connectivity index (χ0n) is 10.9. The number of pyridine rings is 1. The second-order valence-electron chi connectivity index (χ2n) is 4.24. The van der Waals surface area contributed by atoms with Crippen LogP contribution in [-0.2, 0) is 11.2 Å². The van der Waals surface area contributed by atoms with Crippen LogP contribution in [0.5, 0.6) is 5.75 Å². The van der Waals surface area contributed by atoms with Crippen molar-refractivity contribution in [3.63, 3.8) is 0 Å². The third-order valence-corrected chi connectivity index (χ3v) is 3.18. The van der Waals surface area contributed by atoms with Crippen molar-refractivity contribution in [3.05, 3.63) is 34.2 Å². The van der Waals surface area contributed by atoms with Crippen molar-refractivity contribution >= 4 is 28.5 Å². The maximum Gasteiger partial charge on any atom is 0.308 e. The average Bonchev–Trinajstić information content (AvgIpc) is 2.34. The lowest BCUT2D eigenvalue weighted by atomic mass is 10.1. The Morgan fingerprint density at radius 1 is 1.47 bits per heavy atom. The zero-order chi connectivity index (χ0) is 14.2. The molecule has 1 heterocycles. The summed E-state index contributed by atoms with van der Waals surface area (Å²) < 4.78 is 18.8. The van der Waals surface area contributed by atoms with Gasteiger partial charge < -0.3 is 4.74 Å². The number of fused-ring (bicyclic) bond motifs is 1. The van der Waals surface area contributed by atoms with E-state index in [9.17, 15) is 9.18 Å². The largest absolute Gasteiger partial charge is 0.426 e. The third-order valence-electron chi connectivity index (χ3n) is 2.89. The SMILES string of the molecule is CCc1nc2cc(Cl)c(F)cc2c(OC(C)=O)c1C. The van der Waals surface area contributed by atoms with Crippen molar-refractivity contribution in [1.29, 1.82) is 0 Å². The molecule has 0 unspecified atom stereocenters. The van der Waals surface area contributed by atoms with E-state index in [4.69, 9.17) is 16.3 Å². The number of halogens is 2. The van der Waals surface area contributed by atoms with Crippen LogP contribution in [-0.4, -0.2) is 11.0 Å². The van der Waals surface area contributed by atoms with Crippen LogP contribution in [0, 0.1) is 12.7 Å². The van der Waals surface area contributed by atoms with Crippen LogP contribution >= 0.6 is 11.6 Å². The molecule has 0 N–H and O–H groups in total. The summed E-state index contributed by atoms with van der Waals surface area (Å²) in [6, 6.07) is 2.69. The van der Waals surface area contributed by atoms with Gasteiger partial charge in [-0.3, -0.25) is 9.78 Å². The van der Waals surface area contributed by atoms with Crippen LogP contribution in [0.3, 0.4) is 0 Å². The number of nitrogens with zero attached hydrogens (tertiary/aromatic N) is 1. The van der Waals surface area contributed by atoms with E-state index >= 15 is 0 Å². The van der Waals surface area contributed by atoms with Crippen LogP contribution in [0.2, 0.25) is 5.02 Å². The number of esters is 1. The quantitative estimate of drug-likeness (QED) is 0.786. The van der Waals surface area contributed by atoms with E-state index in [-0.39, 0.29) is 5.02 Å². The Labute approximate surface area is 115 Å². The fourth-order valence-electron chi connectivity index (χ4n) is 1.99. The average molecular weight is 282 g/mol. The first-order chi connectivity index (χ1) is 8.93. The minimum Gasteiger partial charge on any atom is -0.426 e. The van der Waals surface area contributed by atoms with E-state index in [1.807, 2.05) is 6.92 Å². The van der Waals surface area contributed by atoms with E-state index in [0.717, 1.165) is 11.3 Å². The Balaban J connectivity index is 2.83. The lowest BCUT2D eigenvalue weighted by Crippen LogP contribution is -2.06. The normalized spacial score (nSPS) is 10.8. The maximum atomic E-state index is 13.6. The van der Waals surface area contributed by atoms with Gasteiger partial charge >= 0.3 is 5.97 Å². The summed E-state index contributed by atoms with van der Waals surface area (Å²) in [7, 11) is 0. The van der Waals surface area contributed by atoms with Gasteiger partial charge in [0.05, 0.1) is 10.5 Å². The summed E-state index contributed by atoms with van der Waals surface area (Å²) in [4.78, 5) is 15.6. The Hall–Kier alpha value is -1.68. The van der Waals surface area contributed by atoms with Gasteiger partial charge in [-0.25, -0.2) is 4.39 Å². The minimum absolute atomic E-state index is 0.000295. The smallest absolute Gasteiger partial charge is 0.308 e. The van der Waals surface area contributed by atoms with Crippen molar-refractivity contribution in [2.24, 2.45) is 0 Å².